The molecule has 2 amide bonds. The van der Waals surface area contributed by atoms with Crippen molar-refractivity contribution >= 4 is 46.1 Å². The van der Waals surface area contributed by atoms with E-state index in [0.717, 1.165) is 21.4 Å². The van der Waals surface area contributed by atoms with Crippen LogP contribution >= 0.6 is 23.4 Å². The summed E-state index contributed by atoms with van der Waals surface area (Å²) in [6.45, 7) is 0.357. The summed E-state index contributed by atoms with van der Waals surface area (Å²) in [5.74, 6) is -0.649. The zero-order valence-electron chi connectivity index (χ0n) is 14.4. The normalized spacial score (nSPS) is 10.9. The Balaban J connectivity index is 1.79. The van der Waals surface area contributed by atoms with E-state index in [1.165, 1.54) is 0 Å². The fraction of sp³-hybridized carbons (Fsp3) is 0.158. The van der Waals surface area contributed by atoms with Crippen molar-refractivity contribution in [2.45, 2.75) is 11.4 Å². The monoisotopic (exact) mass is 387 g/mol. The van der Waals surface area contributed by atoms with E-state index in [4.69, 9.17) is 17.3 Å². The number of aromatic nitrogens is 1. The van der Waals surface area contributed by atoms with Crippen molar-refractivity contribution in [1.29, 1.82) is 0 Å². The molecule has 0 saturated carbocycles. The Labute approximate surface area is 160 Å². The lowest BCUT2D eigenvalue weighted by Gasteiger charge is -2.07. The Bertz CT molecular complexity index is 996. The lowest BCUT2D eigenvalue weighted by atomic mass is 10.1. The molecule has 1 heterocycles. The zero-order chi connectivity index (χ0) is 18.8. The first-order chi connectivity index (χ1) is 12.4. The van der Waals surface area contributed by atoms with Crippen molar-refractivity contribution in [2.75, 3.05) is 6.26 Å². The van der Waals surface area contributed by atoms with Crippen LogP contribution in [0, 0.1) is 0 Å². The molecule has 2 aromatic carbocycles. The number of carbonyl (C=O) groups is 2. The topological polar surface area (TPSA) is 77.1 Å². The fourth-order valence-corrected chi connectivity index (χ4v) is 3.66. The van der Waals surface area contributed by atoms with Gasteiger partial charge < -0.3 is 15.6 Å². The molecule has 3 rings (SSSR count). The molecule has 3 N–H and O–H groups in total. The predicted molar refractivity (Wildman–Crippen MR) is 106 cm³/mol. The second kappa shape index (κ2) is 7.43. The molecule has 0 spiro atoms. The van der Waals surface area contributed by atoms with Gasteiger partial charge in [0.05, 0.1) is 5.02 Å². The predicted octanol–water partition coefficient (Wildman–Crippen LogP) is 3.58. The molecule has 0 radical (unpaired) electrons. The van der Waals surface area contributed by atoms with Crippen LogP contribution < -0.4 is 11.1 Å². The number of fused-ring (bicyclic) bond motifs is 1. The van der Waals surface area contributed by atoms with Gasteiger partial charge >= 0.3 is 0 Å². The van der Waals surface area contributed by atoms with Gasteiger partial charge in [-0.05, 0) is 42.2 Å². The third kappa shape index (κ3) is 3.57. The molecule has 134 valence electrons. The number of halogens is 1. The molecule has 0 aliphatic carbocycles. The van der Waals surface area contributed by atoms with Crippen molar-refractivity contribution < 1.29 is 9.59 Å². The number of hydrogen-bond donors (Lipinski definition) is 2. The highest BCUT2D eigenvalue weighted by Crippen LogP contribution is 2.31. The minimum atomic E-state index is -0.473. The van der Waals surface area contributed by atoms with E-state index in [9.17, 15) is 9.59 Å². The number of benzene rings is 2. The van der Waals surface area contributed by atoms with Crippen LogP contribution in [0.4, 0.5) is 0 Å². The Kier molecular flexibility index (Phi) is 5.25. The van der Waals surface area contributed by atoms with Crippen LogP contribution in [0.25, 0.3) is 10.9 Å². The number of rotatable bonds is 5. The summed E-state index contributed by atoms with van der Waals surface area (Å²) in [6.07, 6.45) is 1.97. The maximum absolute atomic E-state index is 12.6. The number of carbonyl (C=O) groups excluding carboxylic acids is 2. The summed E-state index contributed by atoms with van der Waals surface area (Å²) in [4.78, 5) is 24.7. The molecular weight excluding hydrogens is 370 g/mol. The Morgan fingerprint density at radius 2 is 1.88 bits per heavy atom. The fourth-order valence-electron chi connectivity index (χ4n) is 2.77. The molecule has 0 aliphatic heterocycles. The first kappa shape index (κ1) is 18.4. The number of amides is 2. The number of nitrogens with zero attached hydrogens (tertiary/aromatic N) is 1. The molecule has 0 unspecified atom stereocenters. The number of thioether (sulfide) groups is 1. The van der Waals surface area contributed by atoms with E-state index >= 15 is 0 Å². The van der Waals surface area contributed by atoms with Crippen LogP contribution in [0.1, 0.15) is 26.4 Å². The highest BCUT2D eigenvalue weighted by atomic mass is 35.5. The van der Waals surface area contributed by atoms with E-state index in [2.05, 4.69) is 5.32 Å². The van der Waals surface area contributed by atoms with Crippen molar-refractivity contribution in [3.63, 3.8) is 0 Å². The summed E-state index contributed by atoms with van der Waals surface area (Å²) in [5, 5.41) is 4.54. The molecule has 3 aromatic rings. The number of primary amides is 1. The van der Waals surface area contributed by atoms with E-state index in [1.807, 2.05) is 36.1 Å². The molecular formula is C19H18ClN3O2S. The van der Waals surface area contributed by atoms with Gasteiger partial charge in [0.1, 0.15) is 5.69 Å². The average Bonchev–Trinajstić information content (AvgIpc) is 2.95. The van der Waals surface area contributed by atoms with Gasteiger partial charge in [-0.15, -0.1) is 11.8 Å². The van der Waals surface area contributed by atoms with Crippen LogP contribution in [0.15, 0.2) is 47.4 Å². The van der Waals surface area contributed by atoms with E-state index in [-0.39, 0.29) is 5.91 Å². The van der Waals surface area contributed by atoms with Crippen LogP contribution in [0.5, 0.6) is 0 Å². The smallest absolute Gasteiger partial charge is 0.268 e. The highest BCUT2D eigenvalue weighted by molar-refractivity contribution is 7.98. The van der Waals surface area contributed by atoms with Crippen LogP contribution in [0.2, 0.25) is 5.02 Å². The summed E-state index contributed by atoms with van der Waals surface area (Å²) in [6, 6.07) is 12.6. The van der Waals surface area contributed by atoms with E-state index < -0.39 is 5.91 Å². The molecule has 0 bridgehead atoms. The minimum absolute atomic E-state index is 0.176. The zero-order valence-corrected chi connectivity index (χ0v) is 15.9. The SMILES string of the molecule is CSc1cc2cc(C(=O)NCc3ccc(C(N)=O)cc3)n(C)c2cc1Cl. The molecule has 0 atom stereocenters. The van der Waals surface area contributed by atoms with Crippen molar-refractivity contribution in [3.05, 3.63) is 64.3 Å². The van der Waals surface area contributed by atoms with Gasteiger partial charge in [-0.2, -0.15) is 0 Å². The van der Waals surface area contributed by atoms with Gasteiger partial charge in [-0.3, -0.25) is 9.59 Å². The van der Waals surface area contributed by atoms with Gasteiger partial charge in [0, 0.05) is 35.0 Å². The van der Waals surface area contributed by atoms with E-state index in [1.54, 1.807) is 36.0 Å². The van der Waals surface area contributed by atoms with Crippen LogP contribution in [0.3, 0.4) is 0 Å². The Hall–Kier alpha value is -2.44. The Morgan fingerprint density at radius 1 is 1.19 bits per heavy atom. The molecule has 26 heavy (non-hydrogen) atoms. The number of hydrogen-bond acceptors (Lipinski definition) is 3. The maximum atomic E-state index is 12.6. The first-order valence-electron chi connectivity index (χ1n) is 7.90. The first-order valence-corrected chi connectivity index (χ1v) is 9.51. The molecule has 0 aliphatic rings. The minimum Gasteiger partial charge on any atom is -0.366 e. The molecule has 7 heteroatoms. The van der Waals surface area contributed by atoms with Gasteiger partial charge in [-0.1, -0.05) is 23.7 Å². The molecule has 5 nitrogen and oxygen atoms in total. The third-order valence-corrected chi connectivity index (χ3v) is 5.44. The van der Waals surface area contributed by atoms with Gasteiger partial charge in [0.2, 0.25) is 5.91 Å². The molecule has 1 aromatic heterocycles. The highest BCUT2D eigenvalue weighted by Gasteiger charge is 2.15. The summed E-state index contributed by atoms with van der Waals surface area (Å²) in [5.41, 5.74) is 8.01. The van der Waals surface area contributed by atoms with Crippen molar-refractivity contribution in [3.8, 4) is 0 Å². The summed E-state index contributed by atoms with van der Waals surface area (Å²) < 4.78 is 1.83. The third-order valence-electron chi connectivity index (χ3n) is 4.24. The largest absolute Gasteiger partial charge is 0.366 e. The number of nitrogens with one attached hydrogen (secondary N) is 1. The number of aryl methyl sites for hydroxylation is 1. The molecule has 0 fully saturated rings. The standard InChI is InChI=1S/C19H18ClN3O2S/c1-23-15-9-14(20)17(26-2)8-13(15)7-16(23)19(25)22-10-11-3-5-12(6-4-11)18(21)24/h3-9H,10H2,1-2H3,(H2,21,24)(H,22,25). The van der Waals surface area contributed by atoms with Gasteiger partial charge in [-0.25, -0.2) is 0 Å². The van der Waals surface area contributed by atoms with Crippen LogP contribution in [-0.4, -0.2) is 22.6 Å². The maximum Gasteiger partial charge on any atom is 0.268 e. The lowest BCUT2D eigenvalue weighted by molar-refractivity contribution is 0.0941. The quantitative estimate of drug-likeness (QED) is 0.657. The van der Waals surface area contributed by atoms with Gasteiger partial charge in [0.15, 0.2) is 0 Å². The van der Waals surface area contributed by atoms with E-state index in [0.29, 0.717) is 22.8 Å². The lowest BCUT2D eigenvalue weighted by Crippen LogP contribution is -2.24. The van der Waals surface area contributed by atoms with Crippen molar-refractivity contribution in [1.82, 2.24) is 9.88 Å². The average molecular weight is 388 g/mol. The van der Waals surface area contributed by atoms with Gasteiger partial charge in [0.25, 0.3) is 5.91 Å². The van der Waals surface area contributed by atoms with Crippen LogP contribution in [-0.2, 0) is 13.6 Å². The molecule has 0 saturated heterocycles. The number of nitrogens with two attached hydrogens (primary N) is 1. The summed E-state index contributed by atoms with van der Waals surface area (Å²) >= 11 is 7.84. The second-order valence-corrected chi connectivity index (χ2v) is 7.13. The van der Waals surface area contributed by atoms with Crippen molar-refractivity contribution in [2.24, 2.45) is 12.8 Å². The Morgan fingerprint density at radius 3 is 2.50 bits per heavy atom. The summed E-state index contributed by atoms with van der Waals surface area (Å²) in [7, 11) is 1.84. The second-order valence-electron chi connectivity index (χ2n) is 5.88.